The Balaban J connectivity index is 1.34. The number of fused-ring (bicyclic) bond motifs is 1. The fraction of sp³-hybridized carbons (Fsp3) is 0.280. The monoisotopic (exact) mass is 451 g/mol. The summed E-state index contributed by atoms with van der Waals surface area (Å²) in [5, 5.41) is 6.34. The molecule has 32 heavy (non-hydrogen) atoms. The zero-order valence-electron chi connectivity index (χ0n) is 18.2. The topological polar surface area (TPSA) is 61.4 Å². The fourth-order valence-corrected chi connectivity index (χ4v) is 4.91. The molecule has 2 amide bonds. The summed E-state index contributed by atoms with van der Waals surface area (Å²) in [7, 11) is 0. The summed E-state index contributed by atoms with van der Waals surface area (Å²) in [6.07, 6.45) is 1.02. The van der Waals surface area contributed by atoms with E-state index in [1.54, 1.807) is 12.1 Å². The summed E-state index contributed by atoms with van der Waals surface area (Å²) in [4.78, 5) is 28.1. The van der Waals surface area contributed by atoms with Gasteiger partial charge in [-0.25, -0.2) is 4.39 Å². The van der Waals surface area contributed by atoms with Crippen LogP contribution in [0.1, 0.15) is 43.6 Å². The van der Waals surface area contributed by atoms with Crippen LogP contribution in [-0.4, -0.2) is 35.8 Å². The minimum absolute atomic E-state index is 0.150. The molecular formula is C25H26FN3O2S. The molecule has 2 aromatic carbocycles. The van der Waals surface area contributed by atoms with Gasteiger partial charge in [0.15, 0.2) is 0 Å². The van der Waals surface area contributed by atoms with Crippen molar-refractivity contribution in [2.45, 2.75) is 32.9 Å². The average molecular weight is 452 g/mol. The number of nitrogens with one attached hydrogen (secondary N) is 2. The van der Waals surface area contributed by atoms with Crippen molar-refractivity contribution in [1.29, 1.82) is 0 Å². The minimum atomic E-state index is -0.466. The Labute approximate surface area is 191 Å². The van der Waals surface area contributed by atoms with E-state index in [-0.39, 0.29) is 17.5 Å². The number of anilines is 1. The third-order valence-electron chi connectivity index (χ3n) is 5.79. The van der Waals surface area contributed by atoms with Crippen LogP contribution in [0, 0.1) is 12.7 Å². The molecule has 1 unspecified atom stereocenters. The molecule has 0 saturated heterocycles. The van der Waals surface area contributed by atoms with Gasteiger partial charge in [-0.3, -0.25) is 14.5 Å². The number of rotatable bonds is 6. The molecule has 0 fully saturated rings. The summed E-state index contributed by atoms with van der Waals surface area (Å²) in [5.74, 6) is -1.02. The minimum Gasteiger partial charge on any atom is -0.350 e. The van der Waals surface area contributed by atoms with Gasteiger partial charge < -0.3 is 10.6 Å². The van der Waals surface area contributed by atoms with Crippen molar-refractivity contribution in [3.63, 3.8) is 0 Å². The summed E-state index contributed by atoms with van der Waals surface area (Å²) >= 11 is 1.22. The molecule has 7 heteroatoms. The molecule has 0 saturated carbocycles. The number of halogens is 1. The van der Waals surface area contributed by atoms with Crippen molar-refractivity contribution < 1.29 is 14.0 Å². The van der Waals surface area contributed by atoms with Gasteiger partial charge in [0.05, 0.1) is 9.88 Å². The largest absolute Gasteiger partial charge is 0.350 e. The van der Waals surface area contributed by atoms with E-state index in [0.717, 1.165) is 25.1 Å². The van der Waals surface area contributed by atoms with Crippen molar-refractivity contribution in [2.75, 3.05) is 18.4 Å². The zero-order chi connectivity index (χ0) is 22.7. The molecule has 2 heterocycles. The number of benzene rings is 2. The lowest BCUT2D eigenvalue weighted by Crippen LogP contribution is -2.44. The van der Waals surface area contributed by atoms with Crippen LogP contribution < -0.4 is 10.6 Å². The van der Waals surface area contributed by atoms with Gasteiger partial charge in [0, 0.05) is 31.2 Å². The first-order chi connectivity index (χ1) is 15.4. The Morgan fingerprint density at radius 2 is 1.88 bits per heavy atom. The van der Waals surface area contributed by atoms with Crippen LogP contribution in [-0.2, 0) is 13.0 Å². The number of amides is 2. The number of nitrogens with zero attached hydrogens (tertiary/aromatic N) is 1. The molecule has 3 aromatic rings. The van der Waals surface area contributed by atoms with Crippen LogP contribution in [0.25, 0.3) is 0 Å². The quantitative estimate of drug-likeness (QED) is 0.575. The standard InChI is InChI=1S/C25H26FN3O2S/c1-16-12-22(28-24(30)19-8-5-9-21(26)13-19)32-23(16)25(31)27-14-17(2)29-11-10-18-6-3-4-7-20(18)15-29/h3-9,12-13,17H,10-11,14-15H2,1-2H3,(H,27,31)(H,28,30). The van der Waals surface area contributed by atoms with Crippen molar-refractivity contribution in [2.24, 2.45) is 0 Å². The molecule has 2 N–H and O–H groups in total. The van der Waals surface area contributed by atoms with Gasteiger partial charge in [-0.05, 0) is 61.2 Å². The van der Waals surface area contributed by atoms with Gasteiger partial charge in [-0.1, -0.05) is 30.3 Å². The fourth-order valence-electron chi connectivity index (χ4n) is 3.93. The van der Waals surface area contributed by atoms with Crippen molar-refractivity contribution in [1.82, 2.24) is 10.2 Å². The SMILES string of the molecule is Cc1cc(NC(=O)c2cccc(F)c2)sc1C(=O)NCC(C)N1CCc2ccccc2C1. The van der Waals surface area contributed by atoms with Crippen LogP contribution in [0.2, 0.25) is 0 Å². The van der Waals surface area contributed by atoms with Crippen LogP contribution in [0.3, 0.4) is 0 Å². The van der Waals surface area contributed by atoms with E-state index in [2.05, 4.69) is 46.7 Å². The first-order valence-corrected chi connectivity index (χ1v) is 11.5. The highest BCUT2D eigenvalue weighted by Crippen LogP contribution is 2.27. The molecule has 0 aliphatic carbocycles. The third kappa shape index (κ3) is 5.06. The first kappa shape index (κ1) is 22.2. The van der Waals surface area contributed by atoms with E-state index in [1.165, 1.54) is 40.7 Å². The second-order valence-electron chi connectivity index (χ2n) is 8.14. The molecule has 0 spiro atoms. The van der Waals surface area contributed by atoms with Gasteiger partial charge in [-0.15, -0.1) is 11.3 Å². The number of hydrogen-bond donors (Lipinski definition) is 2. The Bertz CT molecular complexity index is 1140. The molecule has 0 radical (unpaired) electrons. The molecule has 1 aliphatic rings. The smallest absolute Gasteiger partial charge is 0.261 e. The van der Waals surface area contributed by atoms with Gasteiger partial charge in [0.1, 0.15) is 5.82 Å². The predicted molar refractivity (Wildman–Crippen MR) is 126 cm³/mol. The lowest BCUT2D eigenvalue weighted by Gasteiger charge is -2.33. The van der Waals surface area contributed by atoms with E-state index < -0.39 is 11.7 Å². The van der Waals surface area contributed by atoms with Gasteiger partial charge in [-0.2, -0.15) is 0 Å². The first-order valence-electron chi connectivity index (χ1n) is 10.7. The number of hydrogen-bond acceptors (Lipinski definition) is 4. The van der Waals surface area contributed by atoms with E-state index >= 15 is 0 Å². The molecular weight excluding hydrogens is 425 g/mol. The number of thiophene rings is 1. The van der Waals surface area contributed by atoms with Crippen LogP contribution in [0.5, 0.6) is 0 Å². The Morgan fingerprint density at radius 3 is 2.66 bits per heavy atom. The lowest BCUT2D eigenvalue weighted by atomic mass is 9.99. The van der Waals surface area contributed by atoms with Crippen molar-refractivity contribution in [3.8, 4) is 0 Å². The van der Waals surface area contributed by atoms with Crippen molar-refractivity contribution >= 4 is 28.2 Å². The van der Waals surface area contributed by atoms with Gasteiger partial charge in [0.2, 0.25) is 0 Å². The van der Waals surface area contributed by atoms with Crippen LogP contribution in [0.15, 0.2) is 54.6 Å². The van der Waals surface area contributed by atoms with Crippen molar-refractivity contribution in [3.05, 3.63) is 87.5 Å². The Morgan fingerprint density at radius 1 is 1.09 bits per heavy atom. The summed E-state index contributed by atoms with van der Waals surface area (Å²) in [5.41, 5.74) is 3.78. The maximum Gasteiger partial charge on any atom is 0.261 e. The van der Waals surface area contributed by atoms with E-state index in [4.69, 9.17) is 0 Å². The Kier molecular flexibility index (Phi) is 6.67. The maximum absolute atomic E-state index is 13.4. The van der Waals surface area contributed by atoms with E-state index in [9.17, 15) is 14.0 Å². The zero-order valence-corrected chi connectivity index (χ0v) is 19.0. The molecule has 4 rings (SSSR count). The van der Waals surface area contributed by atoms with E-state index in [1.807, 2.05) is 6.92 Å². The Hall–Kier alpha value is -3.03. The van der Waals surface area contributed by atoms with E-state index in [0.29, 0.717) is 16.4 Å². The second-order valence-corrected chi connectivity index (χ2v) is 9.19. The molecule has 1 aliphatic heterocycles. The number of carbonyl (C=O) groups excluding carboxylic acids is 2. The summed E-state index contributed by atoms with van der Waals surface area (Å²) in [6.45, 7) is 6.38. The van der Waals surface area contributed by atoms with Gasteiger partial charge in [0.25, 0.3) is 11.8 Å². The molecule has 1 atom stereocenters. The highest BCUT2D eigenvalue weighted by Gasteiger charge is 2.22. The van der Waals surface area contributed by atoms with Crippen LogP contribution >= 0.6 is 11.3 Å². The third-order valence-corrected chi connectivity index (χ3v) is 6.94. The molecule has 0 bridgehead atoms. The molecule has 5 nitrogen and oxygen atoms in total. The van der Waals surface area contributed by atoms with Crippen LogP contribution in [0.4, 0.5) is 9.39 Å². The van der Waals surface area contributed by atoms with Gasteiger partial charge >= 0.3 is 0 Å². The maximum atomic E-state index is 13.4. The lowest BCUT2D eigenvalue weighted by molar-refractivity contribution is 0.0935. The average Bonchev–Trinajstić information content (AvgIpc) is 3.16. The summed E-state index contributed by atoms with van der Waals surface area (Å²) < 4.78 is 13.4. The normalized spacial score (nSPS) is 14.5. The second kappa shape index (κ2) is 9.63. The summed E-state index contributed by atoms with van der Waals surface area (Å²) in [6, 6.07) is 16.0. The highest BCUT2D eigenvalue weighted by molar-refractivity contribution is 7.18. The number of aryl methyl sites for hydroxylation is 1. The number of carbonyl (C=O) groups is 2. The predicted octanol–water partition coefficient (Wildman–Crippen LogP) is 4.62. The molecule has 166 valence electrons. The highest BCUT2D eigenvalue weighted by atomic mass is 32.1. The molecule has 1 aromatic heterocycles.